The molecule has 1 rings (SSSR count). The molecule has 0 fully saturated rings. The van der Waals surface area contributed by atoms with Crippen molar-refractivity contribution < 1.29 is 43.9 Å². The van der Waals surface area contributed by atoms with Crippen LogP contribution in [-0.2, 0) is 0 Å². The van der Waals surface area contributed by atoms with Crippen LogP contribution in [0.25, 0.3) is 0 Å². The lowest BCUT2D eigenvalue weighted by Crippen LogP contribution is -2.47. The second-order valence-electron chi connectivity index (χ2n) is 3.75. The average molecular weight is 346 g/mol. The van der Waals surface area contributed by atoms with Crippen LogP contribution in [0.2, 0.25) is 0 Å². The van der Waals surface area contributed by atoms with Gasteiger partial charge in [-0.3, -0.25) is 0 Å². The highest BCUT2D eigenvalue weighted by Crippen LogP contribution is 2.70. The van der Waals surface area contributed by atoms with E-state index in [1.165, 1.54) is 0 Å². The number of hydrogen-bond acceptors (Lipinski definition) is 0. The van der Waals surface area contributed by atoms with Gasteiger partial charge in [0.2, 0.25) is 0 Å². The van der Waals surface area contributed by atoms with Gasteiger partial charge >= 0.3 is 23.7 Å². The predicted molar refractivity (Wildman–Crippen MR) is 55.0 cm³/mol. The molecule has 0 spiro atoms. The zero-order chi connectivity index (χ0) is 16.7. The summed E-state index contributed by atoms with van der Waals surface area (Å²) < 4.78 is 126. The van der Waals surface area contributed by atoms with E-state index in [4.69, 9.17) is 0 Å². The summed E-state index contributed by atoms with van der Waals surface area (Å²) in [5.41, 5.74) is -12.4. The third kappa shape index (κ3) is 3.25. The van der Waals surface area contributed by atoms with Gasteiger partial charge in [-0.1, -0.05) is 30.3 Å². The lowest BCUT2D eigenvalue weighted by molar-refractivity contribution is -0.261. The minimum Gasteiger partial charge on any atom is -0.191 e. The minimum atomic E-state index is -6.54. The van der Waals surface area contributed by atoms with Crippen LogP contribution in [-0.4, -0.2) is 23.7 Å². The Morgan fingerprint density at radius 2 is 0.905 bits per heavy atom. The van der Waals surface area contributed by atoms with E-state index in [-0.39, 0.29) is 0 Å². The molecule has 0 amide bonds. The molecule has 0 saturated heterocycles. The SMILES string of the molecule is FC(F)(F)C(F)(F)P(c1ccccc1)C(F)(F)C(F)(F)F. The first-order valence-electron chi connectivity index (χ1n) is 4.97. The van der Waals surface area contributed by atoms with Gasteiger partial charge in [-0.2, -0.15) is 43.9 Å². The number of benzene rings is 1. The molecule has 0 aliphatic heterocycles. The van der Waals surface area contributed by atoms with Crippen LogP contribution in [0.15, 0.2) is 30.3 Å². The smallest absolute Gasteiger partial charge is 0.191 e. The van der Waals surface area contributed by atoms with Gasteiger partial charge < -0.3 is 0 Å². The summed E-state index contributed by atoms with van der Waals surface area (Å²) in [6.07, 6.45) is -13.1. The second-order valence-corrected chi connectivity index (χ2v) is 6.06. The van der Waals surface area contributed by atoms with Crippen LogP contribution < -0.4 is 5.30 Å². The van der Waals surface area contributed by atoms with Gasteiger partial charge in [0.25, 0.3) is 0 Å². The molecule has 0 N–H and O–H groups in total. The van der Waals surface area contributed by atoms with Crippen LogP contribution in [0.3, 0.4) is 0 Å². The fraction of sp³-hybridized carbons (Fsp3) is 0.400. The van der Waals surface area contributed by atoms with Gasteiger partial charge in [-0.15, -0.1) is 0 Å². The quantitative estimate of drug-likeness (QED) is 0.527. The molecule has 0 radical (unpaired) electrons. The lowest BCUT2D eigenvalue weighted by atomic mass is 10.4. The highest BCUT2D eigenvalue weighted by Gasteiger charge is 2.76. The summed E-state index contributed by atoms with van der Waals surface area (Å²) >= 11 is 0. The molecule has 120 valence electrons. The molecular formula is C10H5F10P. The van der Waals surface area contributed by atoms with Crippen molar-refractivity contribution in [2.75, 3.05) is 0 Å². The molecule has 0 heterocycles. The maximum atomic E-state index is 13.2. The van der Waals surface area contributed by atoms with E-state index in [2.05, 4.69) is 0 Å². The first kappa shape index (κ1) is 18.0. The first-order valence-corrected chi connectivity index (χ1v) is 6.31. The molecule has 0 bridgehead atoms. The van der Waals surface area contributed by atoms with Gasteiger partial charge in [0.1, 0.15) is 0 Å². The van der Waals surface area contributed by atoms with Crippen molar-refractivity contribution in [3.05, 3.63) is 30.3 Å². The van der Waals surface area contributed by atoms with Crippen molar-refractivity contribution in [2.45, 2.75) is 23.7 Å². The summed E-state index contributed by atoms with van der Waals surface area (Å²) in [5, 5.41) is -1.41. The van der Waals surface area contributed by atoms with E-state index in [0.717, 1.165) is 18.2 Å². The van der Waals surface area contributed by atoms with Gasteiger partial charge in [0.05, 0.1) is 7.92 Å². The molecule has 0 atom stereocenters. The maximum Gasteiger partial charge on any atom is 0.458 e. The monoisotopic (exact) mass is 346 g/mol. The highest BCUT2D eigenvalue weighted by atomic mass is 31.1. The number of halogens is 10. The number of alkyl halides is 10. The average Bonchev–Trinajstić information content (AvgIpc) is 2.26. The molecule has 1 aromatic carbocycles. The van der Waals surface area contributed by atoms with E-state index >= 15 is 0 Å². The standard InChI is InChI=1S/C10H5F10P/c11-7(12,13)9(17,18)21(6-4-2-1-3-5-6)10(19,20)8(14,15)16/h1-5H. The van der Waals surface area contributed by atoms with E-state index in [0.29, 0.717) is 12.1 Å². The normalized spacial score (nSPS) is 14.6. The summed E-state index contributed by atoms with van der Waals surface area (Å²) in [5.74, 6) is 0. The Morgan fingerprint density at radius 3 is 1.19 bits per heavy atom. The zero-order valence-corrected chi connectivity index (χ0v) is 10.5. The van der Waals surface area contributed by atoms with Crippen LogP contribution >= 0.6 is 7.92 Å². The summed E-state index contributed by atoms with van der Waals surface area (Å²) in [4.78, 5) is 0. The molecule has 11 heteroatoms. The lowest BCUT2D eigenvalue weighted by Gasteiger charge is -2.35. The molecule has 1 aromatic rings. The van der Waals surface area contributed by atoms with Gasteiger partial charge in [0, 0.05) is 0 Å². The Labute approximate surface area is 112 Å². The van der Waals surface area contributed by atoms with Crippen LogP contribution in [0.1, 0.15) is 0 Å². The van der Waals surface area contributed by atoms with Crippen molar-refractivity contribution in [3.8, 4) is 0 Å². The number of hydrogen-bond donors (Lipinski definition) is 0. The molecule has 0 aromatic heterocycles. The van der Waals surface area contributed by atoms with E-state index in [9.17, 15) is 43.9 Å². The summed E-state index contributed by atoms with van der Waals surface area (Å²) in [6, 6.07) is 3.43. The van der Waals surface area contributed by atoms with Crippen LogP contribution in [0.5, 0.6) is 0 Å². The topological polar surface area (TPSA) is 0 Å². The third-order valence-electron chi connectivity index (χ3n) is 2.26. The Morgan fingerprint density at radius 1 is 0.571 bits per heavy atom. The zero-order valence-electron chi connectivity index (χ0n) is 9.61. The van der Waals surface area contributed by atoms with Crippen molar-refractivity contribution >= 4 is 13.2 Å². The van der Waals surface area contributed by atoms with E-state index in [1.54, 1.807) is 0 Å². The van der Waals surface area contributed by atoms with Gasteiger partial charge in [0.15, 0.2) is 0 Å². The fourth-order valence-electron chi connectivity index (χ4n) is 1.33. The summed E-state index contributed by atoms with van der Waals surface area (Å²) in [7, 11) is -5.24. The molecule has 0 unspecified atom stereocenters. The number of rotatable bonds is 3. The molecule has 0 nitrogen and oxygen atoms in total. The second kappa shape index (κ2) is 5.30. The summed E-state index contributed by atoms with van der Waals surface area (Å²) in [6.45, 7) is 0. The fourth-order valence-corrected chi connectivity index (χ4v) is 3.31. The molecule has 21 heavy (non-hydrogen) atoms. The minimum absolute atomic E-state index is 0.380. The van der Waals surface area contributed by atoms with Crippen molar-refractivity contribution in [3.63, 3.8) is 0 Å². The molecule has 0 saturated carbocycles. The van der Waals surface area contributed by atoms with Crippen molar-refractivity contribution in [1.82, 2.24) is 0 Å². The van der Waals surface area contributed by atoms with Gasteiger partial charge in [-0.05, 0) is 5.30 Å². The third-order valence-corrected chi connectivity index (χ3v) is 4.70. The maximum absolute atomic E-state index is 13.2. The van der Waals surface area contributed by atoms with Gasteiger partial charge in [-0.25, -0.2) is 0 Å². The first-order chi connectivity index (χ1) is 9.23. The van der Waals surface area contributed by atoms with Crippen LogP contribution in [0, 0.1) is 0 Å². The van der Waals surface area contributed by atoms with Crippen LogP contribution in [0.4, 0.5) is 43.9 Å². The Balaban J connectivity index is 3.54. The Kier molecular flexibility index (Phi) is 4.54. The van der Waals surface area contributed by atoms with Crippen molar-refractivity contribution in [2.24, 2.45) is 0 Å². The van der Waals surface area contributed by atoms with Crippen molar-refractivity contribution in [1.29, 1.82) is 0 Å². The highest BCUT2D eigenvalue weighted by molar-refractivity contribution is 7.68. The molecule has 0 aliphatic rings. The predicted octanol–water partition coefficient (Wildman–Crippen LogP) is 5.10. The molecule has 0 aliphatic carbocycles. The molecular weight excluding hydrogens is 341 g/mol. The largest absolute Gasteiger partial charge is 0.458 e. The van der Waals surface area contributed by atoms with E-state index < -0.39 is 36.9 Å². The Hall–Kier alpha value is -1.05. The Bertz CT molecular complexity index is 449. The van der Waals surface area contributed by atoms with E-state index in [1.807, 2.05) is 0 Å².